The van der Waals surface area contributed by atoms with Crippen LogP contribution in [0.1, 0.15) is 12.8 Å². The molecular weight excluding hydrogens is 238 g/mol. The van der Waals surface area contributed by atoms with Crippen LogP contribution < -0.4 is 4.74 Å². The molecule has 2 aromatic rings. The molecule has 0 N–H and O–H groups in total. The van der Waals surface area contributed by atoms with E-state index in [1.807, 2.05) is 24.3 Å². The van der Waals surface area contributed by atoms with Crippen LogP contribution in [-0.4, -0.2) is 41.6 Å². The van der Waals surface area contributed by atoms with E-state index in [0.717, 1.165) is 24.1 Å². The van der Waals surface area contributed by atoms with Gasteiger partial charge in [0.05, 0.1) is 17.5 Å². The van der Waals surface area contributed by atoms with Crippen LogP contribution in [0, 0.1) is 5.92 Å². The Hall–Kier alpha value is -1.68. The summed E-state index contributed by atoms with van der Waals surface area (Å²) in [6.07, 6.45) is 4.08. The maximum atomic E-state index is 5.93. The zero-order chi connectivity index (χ0) is 13.1. The van der Waals surface area contributed by atoms with Crippen molar-refractivity contribution < 1.29 is 4.74 Å². The molecule has 0 spiro atoms. The largest absolute Gasteiger partial charge is 0.477 e. The number of nitrogens with zero attached hydrogens (tertiary/aromatic N) is 3. The van der Waals surface area contributed by atoms with Crippen molar-refractivity contribution in [2.45, 2.75) is 12.8 Å². The zero-order valence-corrected chi connectivity index (χ0v) is 11.2. The Morgan fingerprint density at radius 3 is 3.11 bits per heavy atom. The molecule has 0 radical (unpaired) electrons. The van der Waals surface area contributed by atoms with Gasteiger partial charge >= 0.3 is 0 Å². The summed E-state index contributed by atoms with van der Waals surface area (Å²) in [6.45, 7) is 3.06. The van der Waals surface area contributed by atoms with Crippen molar-refractivity contribution in [2.75, 3.05) is 26.7 Å². The third-order valence-electron chi connectivity index (χ3n) is 3.68. The van der Waals surface area contributed by atoms with Crippen LogP contribution in [0.4, 0.5) is 0 Å². The highest BCUT2D eigenvalue weighted by atomic mass is 16.5. The number of rotatable bonds is 3. The molecule has 100 valence electrons. The van der Waals surface area contributed by atoms with E-state index in [-0.39, 0.29) is 0 Å². The van der Waals surface area contributed by atoms with Crippen molar-refractivity contribution in [2.24, 2.45) is 5.92 Å². The fraction of sp³-hybridized carbons (Fsp3) is 0.467. The van der Waals surface area contributed by atoms with Gasteiger partial charge in [0.1, 0.15) is 6.33 Å². The number of fused-ring (bicyclic) bond motifs is 1. The zero-order valence-electron chi connectivity index (χ0n) is 11.2. The summed E-state index contributed by atoms with van der Waals surface area (Å²) in [5.74, 6) is 1.31. The van der Waals surface area contributed by atoms with Gasteiger partial charge in [0.15, 0.2) is 0 Å². The number of ether oxygens (including phenoxy) is 1. The number of hydrogen-bond donors (Lipinski definition) is 0. The predicted octanol–water partition coefficient (Wildman–Crippen LogP) is 2.35. The summed E-state index contributed by atoms with van der Waals surface area (Å²) in [5, 5.41) is 0.995. The number of piperidine rings is 1. The normalized spacial score (nSPS) is 20.6. The maximum Gasteiger partial charge on any atom is 0.224 e. The van der Waals surface area contributed by atoms with Crippen LogP contribution in [0.3, 0.4) is 0 Å². The highest BCUT2D eigenvalue weighted by Gasteiger charge is 2.18. The Morgan fingerprint density at radius 2 is 2.21 bits per heavy atom. The standard InChI is InChI=1S/C15H19N3O/c1-18-8-4-5-12(9-18)10-19-15-13-6-2-3-7-14(13)16-11-17-15/h2-3,6-7,11-12H,4-5,8-10H2,1H3. The molecule has 2 heterocycles. The molecule has 1 unspecified atom stereocenters. The van der Waals surface area contributed by atoms with Crippen LogP contribution in [-0.2, 0) is 0 Å². The molecule has 19 heavy (non-hydrogen) atoms. The maximum absolute atomic E-state index is 5.93. The second-order valence-corrected chi connectivity index (χ2v) is 5.28. The van der Waals surface area contributed by atoms with Crippen molar-refractivity contribution in [1.82, 2.24) is 14.9 Å². The molecule has 3 rings (SSSR count). The van der Waals surface area contributed by atoms with E-state index in [9.17, 15) is 0 Å². The van der Waals surface area contributed by atoms with Crippen LogP contribution in [0.5, 0.6) is 5.88 Å². The van der Waals surface area contributed by atoms with E-state index in [1.54, 1.807) is 6.33 Å². The lowest BCUT2D eigenvalue weighted by molar-refractivity contribution is 0.148. The van der Waals surface area contributed by atoms with E-state index in [1.165, 1.54) is 19.4 Å². The molecule has 1 atom stereocenters. The molecule has 1 saturated heterocycles. The SMILES string of the molecule is CN1CCCC(COc2ncnc3ccccc23)C1. The minimum Gasteiger partial charge on any atom is -0.477 e. The van der Waals surface area contributed by atoms with Crippen molar-refractivity contribution in [3.05, 3.63) is 30.6 Å². The van der Waals surface area contributed by atoms with Crippen molar-refractivity contribution in [3.63, 3.8) is 0 Å². The first-order valence-electron chi connectivity index (χ1n) is 6.84. The number of aromatic nitrogens is 2. The van der Waals surface area contributed by atoms with Gasteiger partial charge in [-0.25, -0.2) is 9.97 Å². The lowest BCUT2D eigenvalue weighted by Gasteiger charge is -2.29. The quantitative estimate of drug-likeness (QED) is 0.846. The molecular formula is C15H19N3O. The first-order chi connectivity index (χ1) is 9.33. The summed E-state index contributed by atoms with van der Waals surface area (Å²) in [6, 6.07) is 7.97. The van der Waals surface area contributed by atoms with Crippen LogP contribution in [0.15, 0.2) is 30.6 Å². The minimum atomic E-state index is 0.604. The van der Waals surface area contributed by atoms with Gasteiger partial charge in [0, 0.05) is 12.5 Å². The number of hydrogen-bond acceptors (Lipinski definition) is 4. The summed E-state index contributed by atoms with van der Waals surface area (Å²) in [7, 11) is 2.17. The Morgan fingerprint density at radius 1 is 1.32 bits per heavy atom. The number of benzene rings is 1. The molecule has 1 aromatic heterocycles. The first kappa shape index (κ1) is 12.4. The monoisotopic (exact) mass is 257 g/mol. The molecule has 4 nitrogen and oxygen atoms in total. The fourth-order valence-electron chi connectivity index (χ4n) is 2.70. The molecule has 1 aromatic carbocycles. The molecule has 0 amide bonds. The molecule has 4 heteroatoms. The van der Waals surface area contributed by atoms with Gasteiger partial charge in [-0.3, -0.25) is 0 Å². The predicted molar refractivity (Wildman–Crippen MR) is 75.3 cm³/mol. The average molecular weight is 257 g/mol. The van der Waals surface area contributed by atoms with Crippen molar-refractivity contribution in [1.29, 1.82) is 0 Å². The molecule has 0 saturated carbocycles. The molecule has 0 aliphatic carbocycles. The summed E-state index contributed by atoms with van der Waals surface area (Å²) in [4.78, 5) is 10.9. The smallest absolute Gasteiger partial charge is 0.224 e. The Labute approximate surface area is 113 Å². The average Bonchev–Trinajstić information content (AvgIpc) is 2.45. The summed E-state index contributed by atoms with van der Waals surface area (Å²) < 4.78 is 5.93. The van der Waals surface area contributed by atoms with Gasteiger partial charge in [0.2, 0.25) is 5.88 Å². The van der Waals surface area contributed by atoms with Gasteiger partial charge < -0.3 is 9.64 Å². The van der Waals surface area contributed by atoms with E-state index >= 15 is 0 Å². The van der Waals surface area contributed by atoms with Crippen LogP contribution >= 0.6 is 0 Å². The van der Waals surface area contributed by atoms with Crippen LogP contribution in [0.25, 0.3) is 10.9 Å². The minimum absolute atomic E-state index is 0.604. The van der Waals surface area contributed by atoms with E-state index < -0.39 is 0 Å². The summed E-state index contributed by atoms with van der Waals surface area (Å²) >= 11 is 0. The molecule has 1 aliphatic heterocycles. The third-order valence-corrected chi connectivity index (χ3v) is 3.68. The van der Waals surface area contributed by atoms with E-state index in [0.29, 0.717) is 11.8 Å². The Kier molecular flexibility index (Phi) is 3.60. The third kappa shape index (κ3) is 2.84. The molecule has 0 bridgehead atoms. The van der Waals surface area contributed by atoms with Gasteiger partial charge in [0.25, 0.3) is 0 Å². The molecule has 1 aliphatic rings. The second kappa shape index (κ2) is 5.53. The van der Waals surface area contributed by atoms with Gasteiger partial charge in [-0.1, -0.05) is 12.1 Å². The number of likely N-dealkylation sites (tertiary alicyclic amines) is 1. The van der Waals surface area contributed by atoms with E-state index in [4.69, 9.17) is 4.74 Å². The molecule has 1 fully saturated rings. The van der Waals surface area contributed by atoms with Gasteiger partial charge in [-0.2, -0.15) is 0 Å². The fourth-order valence-corrected chi connectivity index (χ4v) is 2.70. The summed E-state index contributed by atoms with van der Waals surface area (Å²) in [5.41, 5.74) is 0.938. The van der Waals surface area contributed by atoms with Crippen molar-refractivity contribution >= 4 is 10.9 Å². The topological polar surface area (TPSA) is 38.2 Å². The highest BCUT2D eigenvalue weighted by molar-refractivity contribution is 5.82. The van der Waals surface area contributed by atoms with E-state index in [2.05, 4.69) is 21.9 Å². The number of para-hydroxylation sites is 1. The Balaban J connectivity index is 1.71. The lowest BCUT2D eigenvalue weighted by Crippen LogP contribution is -2.34. The van der Waals surface area contributed by atoms with Crippen molar-refractivity contribution in [3.8, 4) is 5.88 Å². The van der Waals surface area contributed by atoms with Gasteiger partial charge in [-0.05, 0) is 38.6 Å². The Bertz CT molecular complexity index is 553. The lowest BCUT2D eigenvalue weighted by atomic mass is 10.00. The first-order valence-corrected chi connectivity index (χ1v) is 6.84. The second-order valence-electron chi connectivity index (χ2n) is 5.28. The van der Waals surface area contributed by atoms with Gasteiger partial charge in [-0.15, -0.1) is 0 Å². The highest BCUT2D eigenvalue weighted by Crippen LogP contribution is 2.22. The van der Waals surface area contributed by atoms with Crippen LogP contribution in [0.2, 0.25) is 0 Å².